The van der Waals surface area contributed by atoms with Crippen LogP contribution in [-0.2, 0) is 22.4 Å². The molecule has 1 heterocycles. The molecule has 6 nitrogen and oxygen atoms in total. The monoisotopic (exact) mass is 434 g/mol. The first-order valence-electron chi connectivity index (χ1n) is 10.6. The second-order valence-corrected chi connectivity index (χ2v) is 8.87. The molecule has 0 aromatic heterocycles. The van der Waals surface area contributed by atoms with Gasteiger partial charge < -0.3 is 20.1 Å². The number of aliphatic hydroxyl groups is 1. The molecule has 1 spiro atoms. The van der Waals surface area contributed by atoms with Crippen LogP contribution >= 0.6 is 11.6 Å². The minimum Gasteiger partial charge on any atom is -0.411 e. The molecule has 0 radical (unpaired) electrons. The summed E-state index contributed by atoms with van der Waals surface area (Å²) in [5, 5.41) is 13.3. The molecular weight excluding hydrogens is 404 g/mol. The van der Waals surface area contributed by atoms with Gasteiger partial charge >= 0.3 is 6.09 Å². The van der Waals surface area contributed by atoms with Gasteiger partial charge in [-0.3, -0.25) is 4.79 Å². The summed E-state index contributed by atoms with van der Waals surface area (Å²) in [6.45, 7) is 4.18. The number of carbonyl (C=O) groups is 2. The average Bonchev–Trinajstić information content (AvgIpc) is 2.98. The normalized spacial score (nSPS) is 23.7. The van der Waals surface area contributed by atoms with Gasteiger partial charge in [-0.25, -0.2) is 4.79 Å². The number of amides is 2. The lowest BCUT2D eigenvalue weighted by Crippen LogP contribution is -2.48. The van der Waals surface area contributed by atoms with E-state index < -0.39 is 11.6 Å². The number of nitrogens with zero attached hydrogens (tertiary/aromatic N) is 1. The third-order valence-corrected chi connectivity index (χ3v) is 6.51. The van der Waals surface area contributed by atoms with E-state index in [1.807, 2.05) is 26.0 Å². The van der Waals surface area contributed by atoms with Gasteiger partial charge in [-0.05, 0) is 73.3 Å². The van der Waals surface area contributed by atoms with Gasteiger partial charge in [0.2, 0.25) is 0 Å². The zero-order valence-corrected chi connectivity index (χ0v) is 18.9. The van der Waals surface area contributed by atoms with E-state index in [0.29, 0.717) is 42.0 Å². The first-order valence-corrected chi connectivity index (χ1v) is 11.0. The molecule has 2 N–H and O–H groups in total. The van der Waals surface area contributed by atoms with Gasteiger partial charge in [-0.2, -0.15) is 0 Å². The zero-order valence-electron chi connectivity index (χ0n) is 18.2. The summed E-state index contributed by atoms with van der Waals surface area (Å²) in [7, 11) is 3.25. The Hall–Kier alpha value is -2.05. The van der Waals surface area contributed by atoms with E-state index in [-0.39, 0.29) is 18.4 Å². The Morgan fingerprint density at radius 3 is 2.27 bits per heavy atom. The number of hydrogen-bond acceptors (Lipinski definition) is 4. The molecule has 2 aliphatic rings. The number of ether oxygens (including phenoxy) is 1. The summed E-state index contributed by atoms with van der Waals surface area (Å²) >= 11 is 6.33. The molecule has 1 aliphatic carbocycles. The standard InChI is InChI=1S/C23H31ClN2O4/c1-5-15-11-17(24)12-16(6-2)18(15)19-20(30-22(29)26(3)4)23(25-21(19)28)9-7-14(13-27)8-10-23/h11-12,14,27H,5-10,13H2,1-4H3,(H,25,28). The third-order valence-electron chi connectivity index (χ3n) is 6.29. The summed E-state index contributed by atoms with van der Waals surface area (Å²) in [4.78, 5) is 27.3. The van der Waals surface area contributed by atoms with E-state index in [1.165, 1.54) is 4.90 Å². The molecule has 0 bridgehead atoms. The smallest absolute Gasteiger partial charge is 0.411 e. The lowest BCUT2D eigenvalue weighted by atomic mass is 9.75. The van der Waals surface area contributed by atoms with Crippen molar-refractivity contribution >= 4 is 29.2 Å². The Kier molecular flexibility index (Phi) is 6.78. The van der Waals surface area contributed by atoms with Crippen molar-refractivity contribution in [1.82, 2.24) is 10.2 Å². The van der Waals surface area contributed by atoms with Crippen molar-refractivity contribution in [2.24, 2.45) is 5.92 Å². The number of aryl methyl sites for hydroxylation is 2. The van der Waals surface area contributed by atoms with Gasteiger partial charge in [-0.15, -0.1) is 0 Å². The van der Waals surface area contributed by atoms with Crippen LogP contribution in [0.15, 0.2) is 17.9 Å². The maximum Gasteiger partial charge on any atom is 0.414 e. The van der Waals surface area contributed by atoms with Crippen molar-refractivity contribution in [3.8, 4) is 0 Å². The van der Waals surface area contributed by atoms with Crippen LogP contribution in [0, 0.1) is 5.92 Å². The predicted molar refractivity (Wildman–Crippen MR) is 117 cm³/mol. The molecule has 0 saturated heterocycles. The van der Waals surface area contributed by atoms with Crippen LogP contribution in [-0.4, -0.2) is 48.2 Å². The minimum absolute atomic E-state index is 0.130. The van der Waals surface area contributed by atoms with Gasteiger partial charge in [0.25, 0.3) is 5.91 Å². The van der Waals surface area contributed by atoms with E-state index in [9.17, 15) is 14.7 Å². The average molecular weight is 435 g/mol. The summed E-state index contributed by atoms with van der Waals surface area (Å²) in [5.74, 6) is 0.398. The molecule has 7 heteroatoms. The van der Waals surface area contributed by atoms with Crippen LogP contribution in [0.25, 0.3) is 5.57 Å². The van der Waals surface area contributed by atoms with E-state index in [0.717, 1.165) is 29.5 Å². The van der Waals surface area contributed by atoms with Crippen molar-refractivity contribution in [3.63, 3.8) is 0 Å². The number of nitrogens with one attached hydrogen (secondary N) is 1. The van der Waals surface area contributed by atoms with Crippen molar-refractivity contribution in [3.05, 3.63) is 39.6 Å². The molecule has 3 rings (SSSR count). The highest BCUT2D eigenvalue weighted by atomic mass is 35.5. The molecule has 1 saturated carbocycles. The quantitative estimate of drug-likeness (QED) is 0.736. The van der Waals surface area contributed by atoms with Gasteiger partial charge in [-0.1, -0.05) is 25.4 Å². The summed E-state index contributed by atoms with van der Waals surface area (Å²) in [5.41, 5.74) is 2.47. The molecule has 0 atom stereocenters. The largest absolute Gasteiger partial charge is 0.414 e. The van der Waals surface area contributed by atoms with Crippen LogP contribution in [0.3, 0.4) is 0 Å². The minimum atomic E-state index is -0.723. The second kappa shape index (κ2) is 8.98. The fourth-order valence-corrected chi connectivity index (χ4v) is 4.81. The number of benzene rings is 1. The molecule has 164 valence electrons. The highest BCUT2D eigenvalue weighted by Gasteiger charge is 2.50. The van der Waals surface area contributed by atoms with Gasteiger partial charge in [0.1, 0.15) is 5.76 Å². The molecular formula is C23H31ClN2O4. The maximum atomic E-state index is 13.3. The molecule has 1 aromatic carbocycles. The van der Waals surface area contributed by atoms with E-state index >= 15 is 0 Å². The Balaban J connectivity index is 2.21. The van der Waals surface area contributed by atoms with Crippen LogP contribution in [0.5, 0.6) is 0 Å². The zero-order chi connectivity index (χ0) is 22.1. The van der Waals surface area contributed by atoms with E-state index in [1.54, 1.807) is 14.1 Å². The van der Waals surface area contributed by atoms with Crippen LogP contribution in [0.4, 0.5) is 4.79 Å². The lowest BCUT2D eigenvalue weighted by Gasteiger charge is -2.38. The molecule has 1 fully saturated rings. The summed E-state index contributed by atoms with van der Waals surface area (Å²) in [6.07, 6.45) is 3.67. The Labute approximate surface area is 183 Å². The van der Waals surface area contributed by atoms with Crippen LogP contribution in [0.2, 0.25) is 5.02 Å². The molecule has 30 heavy (non-hydrogen) atoms. The van der Waals surface area contributed by atoms with E-state index in [4.69, 9.17) is 16.3 Å². The Morgan fingerprint density at radius 2 is 1.80 bits per heavy atom. The van der Waals surface area contributed by atoms with Crippen molar-refractivity contribution in [2.45, 2.75) is 57.9 Å². The summed E-state index contributed by atoms with van der Waals surface area (Å²) < 4.78 is 5.89. The molecule has 1 aliphatic heterocycles. The first kappa shape index (κ1) is 22.6. The fraction of sp³-hybridized carbons (Fsp3) is 0.565. The number of rotatable bonds is 5. The lowest BCUT2D eigenvalue weighted by molar-refractivity contribution is -0.116. The van der Waals surface area contributed by atoms with Crippen LogP contribution < -0.4 is 5.32 Å². The number of hydrogen-bond donors (Lipinski definition) is 2. The van der Waals surface area contributed by atoms with Crippen molar-refractivity contribution in [2.75, 3.05) is 20.7 Å². The Bertz CT molecular complexity index is 845. The number of aliphatic hydroxyl groups excluding tert-OH is 1. The second-order valence-electron chi connectivity index (χ2n) is 8.43. The van der Waals surface area contributed by atoms with Crippen molar-refractivity contribution < 1.29 is 19.4 Å². The molecule has 2 amide bonds. The van der Waals surface area contributed by atoms with E-state index in [2.05, 4.69) is 5.32 Å². The Morgan fingerprint density at radius 1 is 1.23 bits per heavy atom. The maximum absolute atomic E-state index is 13.3. The highest BCUT2D eigenvalue weighted by Crippen LogP contribution is 2.46. The van der Waals surface area contributed by atoms with Gasteiger partial charge in [0.15, 0.2) is 0 Å². The van der Waals surface area contributed by atoms with Gasteiger partial charge in [0.05, 0.1) is 11.1 Å². The SMILES string of the molecule is CCc1cc(Cl)cc(CC)c1C1=C(OC(=O)N(C)C)C2(CCC(CO)CC2)NC1=O. The highest BCUT2D eigenvalue weighted by molar-refractivity contribution is 6.31. The van der Waals surface area contributed by atoms with Gasteiger partial charge in [0, 0.05) is 25.7 Å². The summed E-state index contributed by atoms with van der Waals surface area (Å²) in [6, 6.07) is 3.77. The fourth-order valence-electron chi connectivity index (χ4n) is 4.54. The van der Waals surface area contributed by atoms with Crippen LogP contribution in [0.1, 0.15) is 56.2 Å². The molecule has 0 unspecified atom stereocenters. The topological polar surface area (TPSA) is 78.9 Å². The third kappa shape index (κ3) is 4.08. The predicted octanol–water partition coefficient (Wildman–Crippen LogP) is 3.93. The number of carbonyl (C=O) groups excluding carboxylic acids is 2. The van der Waals surface area contributed by atoms with Crippen molar-refractivity contribution in [1.29, 1.82) is 0 Å². The first-order chi connectivity index (χ1) is 14.3. The number of halogens is 1. The molecule has 1 aromatic rings.